The Hall–Kier alpha value is -1.92. The van der Waals surface area contributed by atoms with Crippen LogP contribution in [-0.2, 0) is 0 Å². The number of benzene rings is 1. The molecule has 4 nitrogen and oxygen atoms in total. The molecule has 3 N–H and O–H groups in total. The second-order valence-corrected chi connectivity index (χ2v) is 5.18. The van der Waals surface area contributed by atoms with Crippen molar-refractivity contribution in [1.29, 1.82) is 0 Å². The van der Waals surface area contributed by atoms with Gasteiger partial charge < -0.3 is 11.1 Å². The summed E-state index contributed by atoms with van der Waals surface area (Å²) in [5.74, 6) is 0.281. The highest BCUT2D eigenvalue weighted by molar-refractivity contribution is 7.16. The molecule has 96 valence electrons. The Bertz CT molecular complexity index is 738. The Labute approximate surface area is 117 Å². The minimum absolute atomic E-state index is 0.167. The molecule has 0 spiro atoms. The minimum atomic E-state index is -0.418. The van der Waals surface area contributed by atoms with Crippen LogP contribution < -0.4 is 11.1 Å². The van der Waals surface area contributed by atoms with Crippen molar-refractivity contribution in [2.24, 2.45) is 0 Å². The van der Waals surface area contributed by atoms with E-state index in [4.69, 9.17) is 17.3 Å². The van der Waals surface area contributed by atoms with Gasteiger partial charge in [-0.25, -0.2) is 9.37 Å². The van der Waals surface area contributed by atoms with E-state index in [9.17, 15) is 4.39 Å². The summed E-state index contributed by atoms with van der Waals surface area (Å²) in [7, 11) is 0. The molecule has 0 radical (unpaired) electrons. The SMILES string of the molecule is Nc1nc(Nc2cc(F)cc(Cl)c2)c2ccsc2n1. The highest BCUT2D eigenvalue weighted by Crippen LogP contribution is 2.29. The number of rotatable bonds is 2. The molecule has 2 aromatic heterocycles. The first-order valence-corrected chi connectivity index (χ1v) is 6.61. The van der Waals surface area contributed by atoms with E-state index in [1.807, 2.05) is 11.4 Å². The maximum Gasteiger partial charge on any atom is 0.223 e. The van der Waals surface area contributed by atoms with Gasteiger partial charge in [0.1, 0.15) is 16.5 Å². The molecule has 0 aliphatic heterocycles. The molecule has 7 heteroatoms. The minimum Gasteiger partial charge on any atom is -0.368 e. The summed E-state index contributed by atoms with van der Waals surface area (Å²) in [6, 6.07) is 6.06. The highest BCUT2D eigenvalue weighted by Gasteiger charge is 2.08. The molecule has 0 bridgehead atoms. The molecule has 0 aliphatic carbocycles. The fraction of sp³-hybridized carbons (Fsp3) is 0. The third-order valence-corrected chi connectivity index (χ3v) is 3.49. The van der Waals surface area contributed by atoms with Gasteiger partial charge in [-0.05, 0) is 29.6 Å². The number of nitrogens with one attached hydrogen (secondary N) is 1. The molecule has 3 rings (SSSR count). The molecular weight excluding hydrogens is 287 g/mol. The summed E-state index contributed by atoms with van der Waals surface area (Å²) >= 11 is 7.27. The standard InChI is InChI=1S/C12H8ClFN4S/c13-6-3-7(14)5-8(4-6)16-10-9-1-2-19-11(9)18-12(15)17-10/h1-5H,(H3,15,16,17,18). The van der Waals surface area contributed by atoms with Crippen molar-refractivity contribution in [2.45, 2.75) is 0 Å². The van der Waals surface area contributed by atoms with Crippen LogP contribution in [0.1, 0.15) is 0 Å². The second kappa shape index (κ2) is 4.64. The van der Waals surface area contributed by atoms with Crippen LogP contribution in [0, 0.1) is 5.82 Å². The van der Waals surface area contributed by atoms with Gasteiger partial charge in [-0.15, -0.1) is 11.3 Å². The normalized spacial score (nSPS) is 10.8. The average molecular weight is 295 g/mol. The summed E-state index contributed by atoms with van der Waals surface area (Å²) in [5, 5.41) is 6.04. The van der Waals surface area contributed by atoms with E-state index in [1.54, 1.807) is 6.07 Å². The number of nitrogen functional groups attached to an aromatic ring is 1. The van der Waals surface area contributed by atoms with E-state index < -0.39 is 5.82 Å². The zero-order valence-electron chi connectivity index (χ0n) is 9.52. The van der Waals surface area contributed by atoms with Crippen LogP contribution in [0.25, 0.3) is 10.2 Å². The van der Waals surface area contributed by atoms with Crippen molar-refractivity contribution in [2.75, 3.05) is 11.1 Å². The molecular formula is C12H8ClFN4S. The molecule has 2 heterocycles. The first-order chi connectivity index (χ1) is 9.11. The van der Waals surface area contributed by atoms with E-state index in [2.05, 4.69) is 15.3 Å². The van der Waals surface area contributed by atoms with Crippen molar-refractivity contribution < 1.29 is 4.39 Å². The van der Waals surface area contributed by atoms with Gasteiger partial charge in [-0.1, -0.05) is 11.6 Å². The number of fused-ring (bicyclic) bond motifs is 1. The predicted molar refractivity (Wildman–Crippen MR) is 76.5 cm³/mol. The van der Waals surface area contributed by atoms with Crippen LogP contribution in [0.3, 0.4) is 0 Å². The van der Waals surface area contributed by atoms with Crippen LogP contribution in [0.4, 0.5) is 21.8 Å². The van der Waals surface area contributed by atoms with E-state index in [0.29, 0.717) is 16.5 Å². The number of thiophene rings is 1. The van der Waals surface area contributed by atoms with Crippen molar-refractivity contribution in [3.63, 3.8) is 0 Å². The maximum absolute atomic E-state index is 13.3. The molecule has 0 aliphatic rings. The summed E-state index contributed by atoms with van der Waals surface area (Å²) in [6.45, 7) is 0. The van der Waals surface area contributed by atoms with Gasteiger partial charge in [-0.3, -0.25) is 0 Å². The molecule has 0 atom stereocenters. The lowest BCUT2D eigenvalue weighted by atomic mass is 10.3. The molecule has 0 amide bonds. The fourth-order valence-corrected chi connectivity index (χ4v) is 2.72. The molecule has 0 fully saturated rings. The van der Waals surface area contributed by atoms with Gasteiger partial charge in [0.25, 0.3) is 0 Å². The number of nitrogens with two attached hydrogens (primary N) is 1. The van der Waals surface area contributed by atoms with Gasteiger partial charge in [0.05, 0.1) is 5.39 Å². The fourth-order valence-electron chi connectivity index (χ4n) is 1.73. The smallest absolute Gasteiger partial charge is 0.223 e. The lowest BCUT2D eigenvalue weighted by molar-refractivity contribution is 0.628. The topological polar surface area (TPSA) is 63.8 Å². The van der Waals surface area contributed by atoms with E-state index in [1.165, 1.54) is 23.5 Å². The third-order valence-electron chi connectivity index (χ3n) is 2.47. The van der Waals surface area contributed by atoms with Gasteiger partial charge in [0.15, 0.2) is 0 Å². The van der Waals surface area contributed by atoms with E-state index in [-0.39, 0.29) is 5.95 Å². The summed E-state index contributed by atoms with van der Waals surface area (Å²) in [6.07, 6.45) is 0. The first-order valence-electron chi connectivity index (χ1n) is 5.35. The lowest BCUT2D eigenvalue weighted by Gasteiger charge is -2.08. The molecule has 1 aromatic carbocycles. The van der Waals surface area contributed by atoms with Gasteiger partial charge in [0.2, 0.25) is 5.95 Å². The maximum atomic E-state index is 13.3. The van der Waals surface area contributed by atoms with Gasteiger partial charge in [-0.2, -0.15) is 4.98 Å². The molecule has 0 saturated heterocycles. The third kappa shape index (κ3) is 2.45. The monoisotopic (exact) mass is 294 g/mol. The molecule has 19 heavy (non-hydrogen) atoms. The number of hydrogen-bond donors (Lipinski definition) is 2. The highest BCUT2D eigenvalue weighted by atomic mass is 35.5. The van der Waals surface area contributed by atoms with Crippen LogP contribution in [-0.4, -0.2) is 9.97 Å². The number of halogens is 2. The molecule has 3 aromatic rings. The van der Waals surface area contributed by atoms with Gasteiger partial charge >= 0.3 is 0 Å². The largest absolute Gasteiger partial charge is 0.368 e. The molecule has 0 unspecified atom stereocenters. The van der Waals surface area contributed by atoms with Crippen LogP contribution in [0.2, 0.25) is 5.02 Å². The average Bonchev–Trinajstić information content (AvgIpc) is 2.75. The van der Waals surface area contributed by atoms with Crippen molar-refractivity contribution in [3.05, 3.63) is 40.5 Å². The summed E-state index contributed by atoms with van der Waals surface area (Å²) in [5.41, 5.74) is 6.15. The van der Waals surface area contributed by atoms with E-state index >= 15 is 0 Å². The molecule has 0 saturated carbocycles. The van der Waals surface area contributed by atoms with Crippen molar-refractivity contribution in [3.8, 4) is 0 Å². The summed E-state index contributed by atoms with van der Waals surface area (Å²) < 4.78 is 13.3. The van der Waals surface area contributed by atoms with Crippen LogP contribution in [0.5, 0.6) is 0 Å². The predicted octanol–water partition coefficient (Wildman–Crippen LogP) is 3.81. The van der Waals surface area contributed by atoms with E-state index in [0.717, 1.165) is 10.2 Å². The quantitative estimate of drug-likeness (QED) is 0.754. The number of nitrogens with zero attached hydrogens (tertiary/aromatic N) is 2. The number of hydrogen-bond acceptors (Lipinski definition) is 5. The zero-order chi connectivity index (χ0) is 13.4. The zero-order valence-corrected chi connectivity index (χ0v) is 11.1. The van der Waals surface area contributed by atoms with Crippen LogP contribution >= 0.6 is 22.9 Å². The Morgan fingerprint density at radius 1 is 1.26 bits per heavy atom. The second-order valence-electron chi connectivity index (χ2n) is 3.85. The lowest BCUT2D eigenvalue weighted by Crippen LogP contribution is -2.00. The Morgan fingerprint density at radius 2 is 2.11 bits per heavy atom. The van der Waals surface area contributed by atoms with Gasteiger partial charge in [0, 0.05) is 10.7 Å². The Morgan fingerprint density at radius 3 is 2.89 bits per heavy atom. The summed E-state index contributed by atoms with van der Waals surface area (Å²) in [4.78, 5) is 9.02. The number of aromatic nitrogens is 2. The number of anilines is 3. The van der Waals surface area contributed by atoms with Crippen LogP contribution in [0.15, 0.2) is 29.6 Å². The Balaban J connectivity index is 2.07. The van der Waals surface area contributed by atoms with Crippen molar-refractivity contribution in [1.82, 2.24) is 9.97 Å². The van der Waals surface area contributed by atoms with Crippen molar-refractivity contribution >= 4 is 50.6 Å². The Kier molecular flexibility index (Phi) is 2.96. The first kappa shape index (κ1) is 12.1.